The Balaban J connectivity index is 2.28. The van der Waals surface area contributed by atoms with E-state index in [0.717, 1.165) is 11.4 Å². The quantitative estimate of drug-likeness (QED) is 0.828. The monoisotopic (exact) mass is 203 g/mol. The van der Waals surface area contributed by atoms with Crippen molar-refractivity contribution < 1.29 is 4.74 Å². The van der Waals surface area contributed by atoms with Gasteiger partial charge in [0.1, 0.15) is 0 Å². The molecule has 1 N–H and O–H groups in total. The van der Waals surface area contributed by atoms with Crippen LogP contribution in [0.2, 0.25) is 0 Å². The number of aromatic nitrogens is 2. The third kappa shape index (κ3) is 1.93. The van der Waals surface area contributed by atoms with E-state index in [-0.39, 0.29) is 0 Å². The second-order valence-corrected chi connectivity index (χ2v) is 3.10. The molecule has 0 atom stereocenters. The number of nitrogens with zero attached hydrogens (tertiary/aromatic N) is 2. The summed E-state index contributed by atoms with van der Waals surface area (Å²) in [7, 11) is 3.50. The minimum Gasteiger partial charge on any atom is -0.480 e. The van der Waals surface area contributed by atoms with Crippen molar-refractivity contribution in [3.8, 4) is 11.6 Å². The van der Waals surface area contributed by atoms with Crippen molar-refractivity contribution in [2.24, 2.45) is 0 Å². The van der Waals surface area contributed by atoms with Crippen molar-refractivity contribution in [1.29, 1.82) is 0 Å². The van der Waals surface area contributed by atoms with Crippen molar-refractivity contribution in [1.82, 2.24) is 9.78 Å². The SMILES string of the molecule is CNc1ccc(-n2ccc(OC)n2)cc1. The van der Waals surface area contributed by atoms with Gasteiger partial charge in [-0.25, -0.2) is 4.68 Å². The van der Waals surface area contributed by atoms with Crippen LogP contribution in [0.25, 0.3) is 5.69 Å². The van der Waals surface area contributed by atoms with Crippen LogP contribution >= 0.6 is 0 Å². The van der Waals surface area contributed by atoms with Crippen LogP contribution in [0.1, 0.15) is 0 Å². The Hall–Kier alpha value is -1.97. The second kappa shape index (κ2) is 4.04. The molecule has 0 fully saturated rings. The highest BCUT2D eigenvalue weighted by molar-refractivity contribution is 5.48. The van der Waals surface area contributed by atoms with Crippen LogP contribution in [-0.4, -0.2) is 23.9 Å². The van der Waals surface area contributed by atoms with Gasteiger partial charge in [0.2, 0.25) is 5.88 Å². The Kier molecular flexibility index (Phi) is 2.58. The van der Waals surface area contributed by atoms with Crippen molar-refractivity contribution in [2.75, 3.05) is 19.5 Å². The highest BCUT2D eigenvalue weighted by Gasteiger charge is 1.99. The normalized spacial score (nSPS) is 10.0. The van der Waals surface area contributed by atoms with Gasteiger partial charge in [-0.15, -0.1) is 5.10 Å². The molecule has 1 aromatic carbocycles. The zero-order valence-electron chi connectivity index (χ0n) is 8.77. The molecule has 0 saturated heterocycles. The summed E-state index contributed by atoms with van der Waals surface area (Å²) in [6.07, 6.45) is 1.87. The summed E-state index contributed by atoms with van der Waals surface area (Å²) in [5.74, 6) is 0.618. The number of benzene rings is 1. The lowest BCUT2D eigenvalue weighted by molar-refractivity contribution is 0.394. The molecule has 0 saturated carbocycles. The van der Waals surface area contributed by atoms with Gasteiger partial charge in [-0.05, 0) is 24.3 Å². The highest BCUT2D eigenvalue weighted by atomic mass is 16.5. The molecule has 0 amide bonds. The first-order valence-electron chi connectivity index (χ1n) is 4.71. The summed E-state index contributed by atoms with van der Waals surface area (Å²) in [6.45, 7) is 0. The van der Waals surface area contributed by atoms with Crippen molar-refractivity contribution in [2.45, 2.75) is 0 Å². The van der Waals surface area contributed by atoms with Gasteiger partial charge in [0.15, 0.2) is 0 Å². The van der Waals surface area contributed by atoms with E-state index in [1.54, 1.807) is 11.8 Å². The summed E-state index contributed by atoms with van der Waals surface area (Å²) >= 11 is 0. The van der Waals surface area contributed by atoms with Crippen LogP contribution in [0.4, 0.5) is 5.69 Å². The number of ether oxygens (including phenoxy) is 1. The molecule has 0 aliphatic carbocycles. The van der Waals surface area contributed by atoms with E-state index in [0.29, 0.717) is 5.88 Å². The average molecular weight is 203 g/mol. The van der Waals surface area contributed by atoms with E-state index >= 15 is 0 Å². The molecule has 0 aliphatic rings. The predicted octanol–water partition coefficient (Wildman–Crippen LogP) is 1.92. The number of hydrogen-bond donors (Lipinski definition) is 1. The van der Waals surface area contributed by atoms with Gasteiger partial charge in [0.25, 0.3) is 0 Å². The van der Waals surface area contributed by atoms with E-state index in [2.05, 4.69) is 10.4 Å². The molecule has 1 heterocycles. The summed E-state index contributed by atoms with van der Waals surface area (Å²) in [6, 6.07) is 9.83. The fraction of sp³-hybridized carbons (Fsp3) is 0.182. The Morgan fingerprint density at radius 3 is 2.47 bits per heavy atom. The highest BCUT2D eigenvalue weighted by Crippen LogP contribution is 2.14. The maximum absolute atomic E-state index is 5.02. The molecule has 1 aromatic heterocycles. The summed E-state index contributed by atoms with van der Waals surface area (Å²) in [5.41, 5.74) is 2.09. The lowest BCUT2D eigenvalue weighted by Crippen LogP contribution is -1.96. The van der Waals surface area contributed by atoms with Gasteiger partial charge in [0, 0.05) is 25.0 Å². The van der Waals surface area contributed by atoms with Gasteiger partial charge < -0.3 is 10.1 Å². The topological polar surface area (TPSA) is 39.1 Å². The fourth-order valence-electron chi connectivity index (χ4n) is 1.34. The van der Waals surface area contributed by atoms with E-state index in [1.807, 2.05) is 43.6 Å². The largest absolute Gasteiger partial charge is 0.480 e. The first-order valence-corrected chi connectivity index (χ1v) is 4.71. The first-order chi connectivity index (χ1) is 7.33. The molecular weight excluding hydrogens is 190 g/mol. The molecule has 0 unspecified atom stereocenters. The van der Waals surface area contributed by atoms with Gasteiger partial charge in [-0.3, -0.25) is 0 Å². The number of methoxy groups -OCH3 is 1. The molecule has 4 heteroatoms. The molecule has 0 spiro atoms. The molecule has 2 aromatic rings. The van der Waals surface area contributed by atoms with Crippen LogP contribution in [0.3, 0.4) is 0 Å². The predicted molar refractivity (Wildman–Crippen MR) is 59.7 cm³/mol. The van der Waals surface area contributed by atoms with E-state index < -0.39 is 0 Å². The average Bonchev–Trinajstić information content (AvgIpc) is 2.78. The molecule has 0 radical (unpaired) electrons. The van der Waals surface area contributed by atoms with E-state index in [9.17, 15) is 0 Å². The fourth-order valence-corrected chi connectivity index (χ4v) is 1.34. The lowest BCUT2D eigenvalue weighted by Gasteiger charge is -2.03. The van der Waals surface area contributed by atoms with Crippen LogP contribution < -0.4 is 10.1 Å². The van der Waals surface area contributed by atoms with Crippen molar-refractivity contribution in [3.63, 3.8) is 0 Å². The van der Waals surface area contributed by atoms with E-state index in [4.69, 9.17) is 4.74 Å². The maximum Gasteiger partial charge on any atom is 0.232 e. The summed E-state index contributed by atoms with van der Waals surface area (Å²) in [5, 5.41) is 7.30. The lowest BCUT2D eigenvalue weighted by atomic mass is 10.3. The molecule has 78 valence electrons. The number of hydrogen-bond acceptors (Lipinski definition) is 3. The third-order valence-electron chi connectivity index (χ3n) is 2.19. The Labute approximate surface area is 88.5 Å². The summed E-state index contributed by atoms with van der Waals surface area (Å²) in [4.78, 5) is 0. The molecule has 0 aliphatic heterocycles. The molecular formula is C11H13N3O. The molecule has 15 heavy (non-hydrogen) atoms. The number of anilines is 1. The Morgan fingerprint density at radius 2 is 1.93 bits per heavy atom. The Morgan fingerprint density at radius 1 is 1.20 bits per heavy atom. The van der Waals surface area contributed by atoms with Crippen LogP contribution in [0.5, 0.6) is 5.88 Å². The van der Waals surface area contributed by atoms with Gasteiger partial charge in [0.05, 0.1) is 12.8 Å². The van der Waals surface area contributed by atoms with Crippen molar-refractivity contribution >= 4 is 5.69 Å². The Bertz CT molecular complexity index is 433. The zero-order valence-corrected chi connectivity index (χ0v) is 8.77. The van der Waals surface area contributed by atoms with Gasteiger partial charge in [-0.1, -0.05) is 0 Å². The van der Waals surface area contributed by atoms with Crippen LogP contribution in [-0.2, 0) is 0 Å². The van der Waals surface area contributed by atoms with E-state index in [1.165, 1.54) is 0 Å². The minimum absolute atomic E-state index is 0.618. The summed E-state index contributed by atoms with van der Waals surface area (Å²) < 4.78 is 6.79. The minimum atomic E-state index is 0.618. The molecule has 0 bridgehead atoms. The second-order valence-electron chi connectivity index (χ2n) is 3.10. The standard InChI is InChI=1S/C11H13N3O/c1-12-9-3-5-10(6-4-9)14-8-7-11(13-14)15-2/h3-8,12H,1-2H3. The van der Waals surface area contributed by atoms with Gasteiger partial charge >= 0.3 is 0 Å². The maximum atomic E-state index is 5.02. The van der Waals surface area contributed by atoms with Crippen molar-refractivity contribution in [3.05, 3.63) is 36.5 Å². The smallest absolute Gasteiger partial charge is 0.232 e. The van der Waals surface area contributed by atoms with Gasteiger partial charge in [-0.2, -0.15) is 0 Å². The number of rotatable bonds is 3. The molecule has 2 rings (SSSR count). The number of nitrogens with one attached hydrogen (secondary N) is 1. The molecule has 4 nitrogen and oxygen atoms in total. The third-order valence-corrected chi connectivity index (χ3v) is 2.19. The zero-order chi connectivity index (χ0) is 10.7. The van der Waals surface area contributed by atoms with Crippen LogP contribution in [0.15, 0.2) is 36.5 Å². The van der Waals surface area contributed by atoms with Crippen LogP contribution in [0, 0.1) is 0 Å². The first kappa shape index (κ1) is 9.58.